The average Bonchev–Trinajstić information content (AvgIpc) is 3.25. The number of aliphatic hydroxyl groups is 2. The molecule has 0 bridgehead atoms. The Kier molecular flexibility index (Phi) is 10.5. The molecule has 5 unspecified atom stereocenters. The van der Waals surface area contributed by atoms with E-state index in [2.05, 4.69) is 15.6 Å². The van der Waals surface area contributed by atoms with Gasteiger partial charge in [-0.3, -0.25) is 19.2 Å². The van der Waals surface area contributed by atoms with E-state index in [-0.39, 0.29) is 19.3 Å². The number of primary amides is 1. The number of carbonyl (C=O) groups is 5. The highest BCUT2D eigenvalue weighted by Crippen LogP contribution is 2.18. The van der Waals surface area contributed by atoms with Crippen LogP contribution in [0.2, 0.25) is 0 Å². The van der Waals surface area contributed by atoms with E-state index in [0.717, 1.165) is 16.5 Å². The predicted octanol–water partition coefficient (Wildman–Crippen LogP) is -2.78. The number of amides is 4. The number of carboxylic acids is 1. The van der Waals surface area contributed by atoms with Gasteiger partial charge in [0, 0.05) is 23.5 Å². The topological polar surface area (TPSA) is 250 Å². The average molecular weight is 521 g/mol. The Hall–Kier alpha value is -4.01. The zero-order valence-electron chi connectivity index (χ0n) is 20.1. The van der Waals surface area contributed by atoms with E-state index in [4.69, 9.17) is 21.7 Å². The summed E-state index contributed by atoms with van der Waals surface area (Å²) in [4.78, 5) is 63.7. The number of hydrogen-bond donors (Lipinski definition) is 9. The molecule has 1 aromatic carbocycles. The first-order chi connectivity index (χ1) is 17.4. The van der Waals surface area contributed by atoms with Crippen LogP contribution < -0.4 is 27.4 Å². The Labute approximate surface area is 211 Å². The number of para-hydroxylation sites is 1. The fourth-order valence-corrected chi connectivity index (χ4v) is 3.57. The quantitative estimate of drug-likeness (QED) is 0.125. The minimum atomic E-state index is -1.67. The maximum Gasteiger partial charge on any atom is 0.328 e. The van der Waals surface area contributed by atoms with Crippen molar-refractivity contribution in [3.63, 3.8) is 0 Å². The highest BCUT2D eigenvalue weighted by atomic mass is 16.4. The third kappa shape index (κ3) is 8.27. The number of nitrogens with two attached hydrogens (primary N) is 2. The Bertz CT molecular complexity index is 1130. The van der Waals surface area contributed by atoms with Gasteiger partial charge in [-0.15, -0.1) is 0 Å². The molecule has 1 heterocycles. The van der Waals surface area contributed by atoms with E-state index in [1.54, 1.807) is 6.20 Å². The molecule has 0 aliphatic heterocycles. The Morgan fingerprint density at radius 2 is 1.65 bits per heavy atom. The Morgan fingerprint density at radius 1 is 1.00 bits per heavy atom. The van der Waals surface area contributed by atoms with Crippen LogP contribution in [0.5, 0.6) is 0 Å². The fourth-order valence-electron chi connectivity index (χ4n) is 3.57. The molecular formula is C23H32N6O8. The summed E-state index contributed by atoms with van der Waals surface area (Å²) in [6.45, 7) is 0.251. The number of aliphatic hydroxyl groups excluding tert-OH is 2. The summed E-state index contributed by atoms with van der Waals surface area (Å²) in [6.07, 6.45) is -0.134. The minimum Gasteiger partial charge on any atom is -0.480 e. The van der Waals surface area contributed by atoms with Gasteiger partial charge in [-0.2, -0.15) is 0 Å². The second-order valence-electron chi connectivity index (χ2n) is 8.55. The third-order valence-electron chi connectivity index (χ3n) is 5.62. The van der Waals surface area contributed by atoms with Crippen LogP contribution in [0.1, 0.15) is 25.3 Å². The van der Waals surface area contributed by atoms with Gasteiger partial charge >= 0.3 is 5.97 Å². The van der Waals surface area contributed by atoms with E-state index in [1.165, 1.54) is 6.92 Å². The van der Waals surface area contributed by atoms with E-state index in [9.17, 15) is 29.1 Å². The molecule has 5 atom stereocenters. The van der Waals surface area contributed by atoms with Gasteiger partial charge in [0.25, 0.3) is 0 Å². The third-order valence-corrected chi connectivity index (χ3v) is 5.62. The second-order valence-corrected chi connectivity index (χ2v) is 8.55. The molecule has 2 rings (SSSR count). The van der Waals surface area contributed by atoms with Gasteiger partial charge in [-0.05, 0) is 31.4 Å². The molecule has 0 saturated heterocycles. The molecule has 14 nitrogen and oxygen atoms in total. The number of nitrogens with one attached hydrogen (secondary N) is 4. The van der Waals surface area contributed by atoms with Crippen molar-refractivity contribution < 1.29 is 39.3 Å². The van der Waals surface area contributed by atoms with Crippen molar-refractivity contribution in [3.8, 4) is 0 Å². The smallest absolute Gasteiger partial charge is 0.328 e. The van der Waals surface area contributed by atoms with Crippen LogP contribution in [0.4, 0.5) is 0 Å². The molecule has 0 spiro atoms. The number of carboxylic acid groups (broad SMARTS) is 1. The fraction of sp³-hybridized carbons (Fsp3) is 0.435. The predicted molar refractivity (Wildman–Crippen MR) is 131 cm³/mol. The molecule has 0 fully saturated rings. The van der Waals surface area contributed by atoms with Gasteiger partial charge < -0.3 is 47.7 Å². The summed E-state index contributed by atoms with van der Waals surface area (Å²) in [7, 11) is 0. The first-order valence-electron chi connectivity index (χ1n) is 11.5. The van der Waals surface area contributed by atoms with E-state index >= 15 is 0 Å². The largest absolute Gasteiger partial charge is 0.480 e. The summed E-state index contributed by atoms with van der Waals surface area (Å²) in [5.41, 5.74) is 12.9. The standard InChI is InChI=1S/C23H32N6O8/c1-11(31)19(22(35)28-17(10-30)23(36)37)29-21(34)16(6-7-18(25)32)27-20(33)14(24)8-12-9-26-15-5-3-2-4-13(12)15/h2-5,9,11,14,16-17,19,26,30-31H,6-8,10,24H2,1H3,(H2,25,32)(H,27,33)(H,28,35)(H,29,34)(H,36,37). The lowest BCUT2D eigenvalue weighted by Crippen LogP contribution is -2.60. The first-order valence-corrected chi connectivity index (χ1v) is 11.5. The van der Waals surface area contributed by atoms with Crippen LogP contribution in [-0.2, 0) is 30.4 Å². The van der Waals surface area contributed by atoms with Crippen molar-refractivity contribution >= 4 is 40.5 Å². The van der Waals surface area contributed by atoms with Gasteiger partial charge in [-0.1, -0.05) is 18.2 Å². The molecule has 37 heavy (non-hydrogen) atoms. The first kappa shape index (κ1) is 29.2. The molecule has 2 aromatic rings. The number of rotatable bonds is 14. The molecule has 14 heteroatoms. The summed E-state index contributed by atoms with van der Waals surface area (Å²) in [5, 5.41) is 35.6. The molecule has 0 radical (unpaired) electrons. The monoisotopic (exact) mass is 520 g/mol. The number of fused-ring (bicyclic) bond motifs is 1. The minimum absolute atomic E-state index is 0.135. The molecule has 202 valence electrons. The summed E-state index contributed by atoms with van der Waals surface area (Å²) >= 11 is 0. The number of aromatic nitrogens is 1. The van der Waals surface area contributed by atoms with E-state index < -0.39 is 66.5 Å². The van der Waals surface area contributed by atoms with Crippen LogP contribution in [0.3, 0.4) is 0 Å². The number of carbonyl (C=O) groups excluding carboxylic acids is 4. The lowest BCUT2D eigenvalue weighted by molar-refractivity contribution is -0.144. The zero-order valence-corrected chi connectivity index (χ0v) is 20.1. The molecule has 0 aliphatic rings. The number of aromatic amines is 1. The molecule has 4 amide bonds. The maximum atomic E-state index is 12.9. The summed E-state index contributed by atoms with van der Waals surface area (Å²) in [6, 6.07) is 1.69. The van der Waals surface area contributed by atoms with Crippen molar-refractivity contribution in [2.45, 2.75) is 56.5 Å². The van der Waals surface area contributed by atoms with Gasteiger partial charge in [-0.25, -0.2) is 4.79 Å². The Balaban J connectivity index is 2.12. The van der Waals surface area contributed by atoms with Gasteiger partial charge in [0.2, 0.25) is 23.6 Å². The van der Waals surface area contributed by atoms with Crippen molar-refractivity contribution in [2.75, 3.05) is 6.61 Å². The number of benzene rings is 1. The molecular weight excluding hydrogens is 488 g/mol. The SMILES string of the molecule is CC(O)C(NC(=O)C(CCC(N)=O)NC(=O)C(N)Cc1c[nH]c2ccccc12)C(=O)NC(CO)C(=O)O. The van der Waals surface area contributed by atoms with Gasteiger partial charge in [0.1, 0.15) is 18.1 Å². The van der Waals surface area contributed by atoms with E-state index in [0.29, 0.717) is 0 Å². The molecule has 11 N–H and O–H groups in total. The molecule has 0 saturated carbocycles. The van der Waals surface area contributed by atoms with Crippen molar-refractivity contribution in [2.24, 2.45) is 11.5 Å². The second kappa shape index (κ2) is 13.3. The van der Waals surface area contributed by atoms with Crippen LogP contribution in [0, 0.1) is 0 Å². The Morgan fingerprint density at radius 3 is 2.24 bits per heavy atom. The highest BCUT2D eigenvalue weighted by molar-refractivity contribution is 5.95. The zero-order chi connectivity index (χ0) is 27.7. The lowest BCUT2D eigenvalue weighted by atomic mass is 10.0. The van der Waals surface area contributed by atoms with Crippen molar-refractivity contribution in [3.05, 3.63) is 36.0 Å². The molecule has 0 aliphatic carbocycles. The van der Waals surface area contributed by atoms with Crippen molar-refractivity contribution in [1.82, 2.24) is 20.9 Å². The van der Waals surface area contributed by atoms with E-state index in [1.807, 2.05) is 29.6 Å². The van der Waals surface area contributed by atoms with Crippen molar-refractivity contribution in [1.29, 1.82) is 0 Å². The van der Waals surface area contributed by atoms with Gasteiger partial charge in [0.15, 0.2) is 0 Å². The highest BCUT2D eigenvalue weighted by Gasteiger charge is 2.32. The summed E-state index contributed by atoms with van der Waals surface area (Å²) in [5.74, 6) is -5.00. The summed E-state index contributed by atoms with van der Waals surface area (Å²) < 4.78 is 0. The number of hydrogen-bond acceptors (Lipinski definition) is 8. The van der Waals surface area contributed by atoms with Crippen LogP contribution in [0.15, 0.2) is 30.5 Å². The maximum absolute atomic E-state index is 12.9. The van der Waals surface area contributed by atoms with Crippen LogP contribution in [-0.4, -0.2) is 86.8 Å². The van der Waals surface area contributed by atoms with Crippen LogP contribution >= 0.6 is 0 Å². The van der Waals surface area contributed by atoms with Gasteiger partial charge in [0.05, 0.1) is 18.8 Å². The lowest BCUT2D eigenvalue weighted by Gasteiger charge is -2.26. The number of H-pyrrole nitrogens is 1. The molecule has 1 aromatic heterocycles. The van der Waals surface area contributed by atoms with Crippen LogP contribution in [0.25, 0.3) is 10.9 Å². The normalized spacial score (nSPS) is 15.1. The number of aliphatic carboxylic acids is 1.